The quantitative estimate of drug-likeness (QED) is 0.858. The highest BCUT2D eigenvalue weighted by molar-refractivity contribution is 5.22. The molecule has 2 aromatic heterocycles. The van der Waals surface area contributed by atoms with Crippen LogP contribution in [0.25, 0.3) is 0 Å². The lowest BCUT2D eigenvalue weighted by Gasteiger charge is -2.03. The molecule has 2 heterocycles. The summed E-state index contributed by atoms with van der Waals surface area (Å²) >= 11 is 0. The number of nitrogens with zero attached hydrogens (tertiary/aromatic N) is 4. The van der Waals surface area contributed by atoms with Crippen molar-refractivity contribution in [1.29, 1.82) is 0 Å². The van der Waals surface area contributed by atoms with Gasteiger partial charge < -0.3 is 10.3 Å². The highest BCUT2D eigenvalue weighted by atomic mass is 16.5. The van der Waals surface area contributed by atoms with Gasteiger partial charge >= 0.3 is 0 Å². The molecule has 0 bridgehead atoms. The molecule has 0 spiro atoms. The van der Waals surface area contributed by atoms with Gasteiger partial charge in [-0.3, -0.25) is 0 Å². The van der Waals surface area contributed by atoms with Gasteiger partial charge in [0.25, 0.3) is 0 Å². The average Bonchev–Trinajstić information content (AvgIpc) is 2.85. The summed E-state index contributed by atoms with van der Waals surface area (Å²) in [5, 5.41) is 12.3. The number of rotatable bonds is 5. The molecule has 0 saturated heterocycles. The van der Waals surface area contributed by atoms with Gasteiger partial charge in [-0.1, -0.05) is 10.4 Å². The third-order valence-corrected chi connectivity index (χ3v) is 3.19. The van der Waals surface area contributed by atoms with Gasteiger partial charge in [-0.25, -0.2) is 4.68 Å². The molecular weight excluding hydrogens is 230 g/mol. The summed E-state index contributed by atoms with van der Waals surface area (Å²) in [6.45, 7) is 7.22. The molecule has 6 nitrogen and oxygen atoms in total. The fourth-order valence-corrected chi connectivity index (χ4v) is 1.92. The van der Waals surface area contributed by atoms with E-state index in [0.717, 1.165) is 41.2 Å². The Labute approximate surface area is 106 Å². The SMILES string of the molecule is Cc1noc(C)c1Cn1nnc(CCCN)c1C. The van der Waals surface area contributed by atoms with Crippen molar-refractivity contribution in [3.05, 3.63) is 28.4 Å². The summed E-state index contributed by atoms with van der Waals surface area (Å²) in [7, 11) is 0. The minimum Gasteiger partial charge on any atom is -0.361 e. The summed E-state index contributed by atoms with van der Waals surface area (Å²) in [6.07, 6.45) is 1.81. The topological polar surface area (TPSA) is 82.8 Å². The maximum absolute atomic E-state index is 5.51. The molecule has 0 radical (unpaired) electrons. The lowest BCUT2D eigenvalue weighted by Crippen LogP contribution is -2.06. The molecular formula is C12H19N5O. The zero-order chi connectivity index (χ0) is 13.1. The predicted octanol–water partition coefficient (Wildman–Crippen LogP) is 1.13. The Hall–Kier alpha value is -1.69. The van der Waals surface area contributed by atoms with Crippen molar-refractivity contribution in [1.82, 2.24) is 20.2 Å². The van der Waals surface area contributed by atoms with Gasteiger partial charge in [-0.15, -0.1) is 5.10 Å². The third kappa shape index (κ3) is 2.43. The zero-order valence-corrected chi connectivity index (χ0v) is 11.1. The summed E-state index contributed by atoms with van der Waals surface area (Å²) in [5.41, 5.74) is 9.60. The van der Waals surface area contributed by atoms with E-state index in [1.807, 2.05) is 25.5 Å². The summed E-state index contributed by atoms with van der Waals surface area (Å²) in [4.78, 5) is 0. The van der Waals surface area contributed by atoms with Gasteiger partial charge in [-0.05, 0) is 40.2 Å². The normalized spacial score (nSPS) is 11.1. The van der Waals surface area contributed by atoms with Crippen molar-refractivity contribution >= 4 is 0 Å². The number of hydrogen-bond acceptors (Lipinski definition) is 5. The number of aromatic nitrogens is 4. The first-order valence-corrected chi connectivity index (χ1v) is 6.14. The van der Waals surface area contributed by atoms with Crippen molar-refractivity contribution in [3.63, 3.8) is 0 Å². The minimum atomic E-state index is 0.655. The van der Waals surface area contributed by atoms with Gasteiger partial charge in [0.15, 0.2) is 0 Å². The Morgan fingerprint density at radius 1 is 1.28 bits per heavy atom. The van der Waals surface area contributed by atoms with Crippen molar-refractivity contribution in [2.75, 3.05) is 6.54 Å². The van der Waals surface area contributed by atoms with E-state index in [2.05, 4.69) is 15.5 Å². The van der Waals surface area contributed by atoms with E-state index < -0.39 is 0 Å². The van der Waals surface area contributed by atoms with Crippen LogP contribution in [0.3, 0.4) is 0 Å². The number of nitrogens with two attached hydrogens (primary N) is 1. The average molecular weight is 249 g/mol. The zero-order valence-electron chi connectivity index (χ0n) is 11.1. The van der Waals surface area contributed by atoms with E-state index in [9.17, 15) is 0 Å². The van der Waals surface area contributed by atoms with Crippen LogP contribution in [0.15, 0.2) is 4.52 Å². The van der Waals surface area contributed by atoms with Gasteiger partial charge in [0, 0.05) is 5.56 Å². The molecule has 2 aromatic rings. The minimum absolute atomic E-state index is 0.655. The van der Waals surface area contributed by atoms with Crippen molar-refractivity contribution < 1.29 is 4.52 Å². The maximum Gasteiger partial charge on any atom is 0.138 e. The van der Waals surface area contributed by atoms with Crippen LogP contribution in [-0.2, 0) is 13.0 Å². The van der Waals surface area contributed by atoms with Crippen molar-refractivity contribution in [2.24, 2.45) is 5.73 Å². The van der Waals surface area contributed by atoms with Crippen molar-refractivity contribution in [3.8, 4) is 0 Å². The molecule has 98 valence electrons. The number of aryl methyl sites for hydroxylation is 3. The van der Waals surface area contributed by atoms with E-state index in [4.69, 9.17) is 10.3 Å². The van der Waals surface area contributed by atoms with E-state index >= 15 is 0 Å². The first kappa shape index (κ1) is 12.8. The molecule has 6 heteroatoms. The maximum atomic E-state index is 5.51. The summed E-state index contributed by atoms with van der Waals surface area (Å²) in [5.74, 6) is 0.839. The summed E-state index contributed by atoms with van der Waals surface area (Å²) < 4.78 is 7.04. The Balaban J connectivity index is 2.17. The monoisotopic (exact) mass is 249 g/mol. The predicted molar refractivity (Wildman–Crippen MR) is 67.2 cm³/mol. The molecule has 0 aliphatic heterocycles. The van der Waals surface area contributed by atoms with Crippen LogP contribution in [0.2, 0.25) is 0 Å². The second-order valence-electron chi connectivity index (χ2n) is 4.47. The second-order valence-corrected chi connectivity index (χ2v) is 4.47. The first-order chi connectivity index (χ1) is 8.63. The Bertz CT molecular complexity index is 509. The highest BCUT2D eigenvalue weighted by Gasteiger charge is 2.13. The fourth-order valence-electron chi connectivity index (χ4n) is 1.92. The smallest absolute Gasteiger partial charge is 0.138 e. The van der Waals surface area contributed by atoms with E-state index in [1.54, 1.807) is 0 Å². The van der Waals surface area contributed by atoms with E-state index in [0.29, 0.717) is 13.1 Å². The second kappa shape index (κ2) is 5.30. The lowest BCUT2D eigenvalue weighted by atomic mass is 10.2. The standard InChI is InChI=1S/C12H19N5O/c1-8-11(10(3)18-15-8)7-17-9(2)12(14-16-17)5-4-6-13/h4-7,13H2,1-3H3. The van der Waals surface area contributed by atoms with Crippen LogP contribution in [0.4, 0.5) is 0 Å². The molecule has 0 fully saturated rings. The van der Waals surface area contributed by atoms with Gasteiger partial charge in [0.2, 0.25) is 0 Å². The van der Waals surface area contributed by atoms with E-state index in [1.165, 1.54) is 0 Å². The van der Waals surface area contributed by atoms with Gasteiger partial charge in [-0.2, -0.15) is 0 Å². The van der Waals surface area contributed by atoms with Crippen LogP contribution >= 0.6 is 0 Å². The molecule has 0 aliphatic carbocycles. The first-order valence-electron chi connectivity index (χ1n) is 6.14. The van der Waals surface area contributed by atoms with Crippen LogP contribution in [0, 0.1) is 20.8 Å². The van der Waals surface area contributed by atoms with Crippen LogP contribution < -0.4 is 5.73 Å². The highest BCUT2D eigenvalue weighted by Crippen LogP contribution is 2.15. The molecule has 0 unspecified atom stereocenters. The molecule has 0 aromatic carbocycles. The molecule has 0 amide bonds. The fraction of sp³-hybridized carbons (Fsp3) is 0.583. The summed E-state index contributed by atoms with van der Waals surface area (Å²) in [6, 6.07) is 0. The third-order valence-electron chi connectivity index (χ3n) is 3.19. The Kier molecular flexibility index (Phi) is 3.76. The lowest BCUT2D eigenvalue weighted by molar-refractivity contribution is 0.391. The van der Waals surface area contributed by atoms with Crippen LogP contribution in [-0.4, -0.2) is 26.7 Å². The molecule has 0 aliphatic rings. The molecule has 2 rings (SSSR count). The Morgan fingerprint density at radius 3 is 2.67 bits per heavy atom. The number of hydrogen-bond donors (Lipinski definition) is 1. The van der Waals surface area contributed by atoms with Gasteiger partial charge in [0.05, 0.1) is 23.6 Å². The van der Waals surface area contributed by atoms with Gasteiger partial charge in [0.1, 0.15) is 5.76 Å². The van der Waals surface area contributed by atoms with E-state index in [-0.39, 0.29) is 0 Å². The molecule has 2 N–H and O–H groups in total. The van der Waals surface area contributed by atoms with Crippen LogP contribution in [0.5, 0.6) is 0 Å². The largest absolute Gasteiger partial charge is 0.361 e. The Morgan fingerprint density at radius 2 is 2.06 bits per heavy atom. The molecule has 0 saturated carbocycles. The molecule has 0 atom stereocenters. The van der Waals surface area contributed by atoms with Crippen LogP contribution in [0.1, 0.15) is 34.8 Å². The molecule has 18 heavy (non-hydrogen) atoms. The van der Waals surface area contributed by atoms with Crippen molar-refractivity contribution in [2.45, 2.75) is 40.2 Å².